The van der Waals surface area contributed by atoms with Gasteiger partial charge in [0.05, 0.1) is 12.1 Å². The quantitative estimate of drug-likeness (QED) is 0.574. The summed E-state index contributed by atoms with van der Waals surface area (Å²) < 4.78 is 0. The molecule has 14 heavy (non-hydrogen) atoms. The van der Waals surface area contributed by atoms with Crippen LogP contribution in [0.1, 0.15) is 25.6 Å². The third kappa shape index (κ3) is 4.23. The zero-order valence-electron chi connectivity index (χ0n) is 8.74. The predicted molar refractivity (Wildman–Crippen MR) is 60.3 cm³/mol. The third-order valence-electron chi connectivity index (χ3n) is 1.39. The van der Waals surface area contributed by atoms with E-state index in [1.54, 1.807) is 23.0 Å². The summed E-state index contributed by atoms with van der Waals surface area (Å²) in [7, 11) is 0. The van der Waals surface area contributed by atoms with E-state index in [9.17, 15) is 0 Å². The first-order valence-electron chi connectivity index (χ1n) is 4.43. The summed E-state index contributed by atoms with van der Waals surface area (Å²) in [6, 6.07) is 0. The lowest BCUT2D eigenvalue weighted by Gasteiger charge is -2.20. The van der Waals surface area contributed by atoms with Crippen LogP contribution in [0.2, 0.25) is 0 Å². The van der Waals surface area contributed by atoms with Crippen molar-refractivity contribution in [2.75, 3.05) is 0 Å². The number of nitrogens with one attached hydrogen (secondary N) is 1. The van der Waals surface area contributed by atoms with Crippen LogP contribution in [0.4, 0.5) is 0 Å². The first-order valence-corrected chi connectivity index (χ1v) is 5.31. The monoisotopic (exact) mass is 212 g/mol. The summed E-state index contributed by atoms with van der Waals surface area (Å²) >= 11 is 1.58. The van der Waals surface area contributed by atoms with Crippen molar-refractivity contribution in [3.63, 3.8) is 0 Å². The van der Waals surface area contributed by atoms with Crippen LogP contribution in [0, 0.1) is 0 Å². The molecule has 1 aromatic heterocycles. The maximum atomic E-state index is 5.70. The van der Waals surface area contributed by atoms with E-state index in [0.29, 0.717) is 12.5 Å². The molecule has 0 atom stereocenters. The molecule has 0 aliphatic carbocycles. The molecule has 0 saturated carbocycles. The van der Waals surface area contributed by atoms with Crippen molar-refractivity contribution in [2.45, 2.75) is 32.9 Å². The highest BCUT2D eigenvalue weighted by Gasteiger charge is 2.09. The molecule has 0 fully saturated rings. The Labute approximate surface area is 88.3 Å². The van der Waals surface area contributed by atoms with E-state index in [1.165, 1.54) is 0 Å². The molecule has 5 heteroatoms. The maximum Gasteiger partial charge on any atom is 0.189 e. The summed E-state index contributed by atoms with van der Waals surface area (Å²) in [4.78, 5) is 9.28. The number of nitrogens with two attached hydrogens (primary N) is 1. The number of guanidine groups is 1. The number of thiazole rings is 1. The molecule has 0 aliphatic heterocycles. The molecule has 0 amide bonds. The first kappa shape index (κ1) is 11.0. The van der Waals surface area contributed by atoms with Gasteiger partial charge in [0.2, 0.25) is 0 Å². The highest BCUT2D eigenvalue weighted by molar-refractivity contribution is 7.09. The highest BCUT2D eigenvalue weighted by Crippen LogP contribution is 2.06. The van der Waals surface area contributed by atoms with Gasteiger partial charge >= 0.3 is 0 Å². The van der Waals surface area contributed by atoms with Gasteiger partial charge in [0.15, 0.2) is 5.96 Å². The number of nitrogens with zero attached hydrogens (tertiary/aromatic N) is 2. The fraction of sp³-hybridized carbons (Fsp3) is 0.556. The number of hydrogen-bond acceptors (Lipinski definition) is 3. The van der Waals surface area contributed by atoms with Gasteiger partial charge in [0.1, 0.15) is 0 Å². The second kappa shape index (κ2) is 4.41. The van der Waals surface area contributed by atoms with Gasteiger partial charge < -0.3 is 11.1 Å². The van der Waals surface area contributed by atoms with Gasteiger partial charge in [0, 0.05) is 16.6 Å². The third-order valence-corrected chi connectivity index (χ3v) is 2.16. The Morgan fingerprint density at radius 1 is 1.64 bits per heavy atom. The largest absolute Gasteiger partial charge is 0.370 e. The minimum absolute atomic E-state index is 0.0404. The minimum Gasteiger partial charge on any atom is -0.370 e. The number of rotatable bonds is 2. The van der Waals surface area contributed by atoms with Gasteiger partial charge in [-0.25, -0.2) is 4.99 Å². The van der Waals surface area contributed by atoms with Crippen LogP contribution in [0.15, 0.2) is 16.7 Å². The van der Waals surface area contributed by atoms with E-state index in [2.05, 4.69) is 15.3 Å². The molecule has 0 radical (unpaired) electrons. The van der Waals surface area contributed by atoms with Crippen LogP contribution in [0.5, 0.6) is 0 Å². The molecular weight excluding hydrogens is 196 g/mol. The van der Waals surface area contributed by atoms with Crippen molar-refractivity contribution >= 4 is 17.3 Å². The first-order chi connectivity index (χ1) is 6.47. The molecule has 1 heterocycles. The Hall–Kier alpha value is -1.10. The predicted octanol–water partition coefficient (Wildman–Crippen LogP) is 1.35. The lowest BCUT2D eigenvalue weighted by atomic mass is 10.1. The normalized spacial score (nSPS) is 12.9. The standard InChI is InChI=1S/C9H16N4S/c1-9(2,3)13-8(10)12-5-7-4-11-6-14-7/h4,6H,5H2,1-3H3,(H3,10,12,13). The van der Waals surface area contributed by atoms with Gasteiger partial charge in [-0.3, -0.25) is 4.98 Å². The molecule has 78 valence electrons. The molecular formula is C9H16N4S. The van der Waals surface area contributed by atoms with E-state index in [1.807, 2.05) is 20.8 Å². The maximum absolute atomic E-state index is 5.70. The molecule has 1 rings (SSSR count). The summed E-state index contributed by atoms with van der Waals surface area (Å²) in [6.07, 6.45) is 1.80. The Balaban J connectivity index is 2.45. The van der Waals surface area contributed by atoms with Gasteiger partial charge in [0.25, 0.3) is 0 Å². The van der Waals surface area contributed by atoms with Crippen LogP contribution in [-0.2, 0) is 6.54 Å². The molecule has 0 saturated heterocycles. The van der Waals surface area contributed by atoms with Crippen molar-refractivity contribution in [1.82, 2.24) is 10.3 Å². The average molecular weight is 212 g/mol. The van der Waals surface area contributed by atoms with E-state index in [-0.39, 0.29) is 5.54 Å². The lowest BCUT2D eigenvalue weighted by Crippen LogP contribution is -2.44. The van der Waals surface area contributed by atoms with Crippen molar-refractivity contribution in [3.8, 4) is 0 Å². The summed E-state index contributed by atoms with van der Waals surface area (Å²) in [5.74, 6) is 0.478. The van der Waals surface area contributed by atoms with Crippen molar-refractivity contribution in [1.29, 1.82) is 0 Å². The summed E-state index contributed by atoms with van der Waals surface area (Å²) in [5.41, 5.74) is 7.45. The Kier molecular flexibility index (Phi) is 3.46. The fourth-order valence-electron chi connectivity index (χ4n) is 0.907. The van der Waals surface area contributed by atoms with Crippen molar-refractivity contribution in [3.05, 3.63) is 16.6 Å². The molecule has 3 N–H and O–H groups in total. The molecule has 0 spiro atoms. The number of aliphatic imine (C=N–C) groups is 1. The van der Waals surface area contributed by atoms with Crippen LogP contribution >= 0.6 is 11.3 Å². The second-order valence-corrected chi connectivity index (χ2v) is 5.02. The SMILES string of the molecule is CC(C)(C)NC(N)=NCc1cncs1. The van der Waals surface area contributed by atoms with Crippen LogP contribution in [0.3, 0.4) is 0 Å². The van der Waals surface area contributed by atoms with E-state index >= 15 is 0 Å². The molecule has 0 aliphatic rings. The van der Waals surface area contributed by atoms with Crippen molar-refractivity contribution < 1.29 is 0 Å². The second-order valence-electron chi connectivity index (χ2n) is 4.04. The van der Waals surface area contributed by atoms with Crippen LogP contribution in [-0.4, -0.2) is 16.5 Å². The zero-order chi connectivity index (χ0) is 10.6. The summed E-state index contributed by atoms with van der Waals surface area (Å²) in [5, 5.41) is 3.09. The minimum atomic E-state index is -0.0404. The highest BCUT2D eigenvalue weighted by atomic mass is 32.1. The van der Waals surface area contributed by atoms with Gasteiger partial charge in [-0.05, 0) is 20.8 Å². The molecule has 4 nitrogen and oxygen atoms in total. The number of aromatic nitrogens is 1. The Bertz CT molecular complexity index is 297. The van der Waals surface area contributed by atoms with Gasteiger partial charge in [-0.1, -0.05) is 0 Å². The number of hydrogen-bond donors (Lipinski definition) is 2. The fourth-order valence-corrected chi connectivity index (χ4v) is 1.42. The smallest absolute Gasteiger partial charge is 0.189 e. The van der Waals surface area contributed by atoms with Gasteiger partial charge in [-0.2, -0.15) is 0 Å². The van der Waals surface area contributed by atoms with E-state index in [0.717, 1.165) is 4.88 Å². The average Bonchev–Trinajstić information content (AvgIpc) is 2.49. The van der Waals surface area contributed by atoms with E-state index in [4.69, 9.17) is 5.73 Å². The lowest BCUT2D eigenvalue weighted by molar-refractivity contribution is 0.508. The van der Waals surface area contributed by atoms with E-state index < -0.39 is 0 Å². The molecule has 1 aromatic rings. The molecule has 0 unspecified atom stereocenters. The van der Waals surface area contributed by atoms with Crippen molar-refractivity contribution in [2.24, 2.45) is 10.7 Å². The molecule has 0 bridgehead atoms. The van der Waals surface area contributed by atoms with Gasteiger partial charge in [-0.15, -0.1) is 11.3 Å². The Morgan fingerprint density at radius 2 is 2.36 bits per heavy atom. The van der Waals surface area contributed by atoms with Crippen LogP contribution in [0.25, 0.3) is 0 Å². The Morgan fingerprint density at radius 3 is 2.86 bits per heavy atom. The molecule has 0 aromatic carbocycles. The topological polar surface area (TPSA) is 63.3 Å². The zero-order valence-corrected chi connectivity index (χ0v) is 9.56. The van der Waals surface area contributed by atoms with Crippen LogP contribution < -0.4 is 11.1 Å². The summed E-state index contributed by atoms with van der Waals surface area (Å²) in [6.45, 7) is 6.73.